The number of hydrogen-bond acceptors (Lipinski definition) is 4. The molecule has 0 atom stereocenters. The van der Waals surface area contributed by atoms with E-state index in [4.69, 9.17) is 0 Å². The van der Waals surface area contributed by atoms with Crippen LogP contribution in [0.15, 0.2) is 36.8 Å². The molecule has 1 amide bonds. The number of hydrogen-bond donors (Lipinski definition) is 0. The van der Waals surface area contributed by atoms with E-state index in [1.165, 1.54) is 6.33 Å². The highest BCUT2D eigenvalue weighted by atomic mass is 16.2. The molecule has 5 nitrogen and oxygen atoms in total. The number of para-hydroxylation sites is 1. The van der Waals surface area contributed by atoms with Crippen molar-refractivity contribution in [3.63, 3.8) is 0 Å². The molecule has 0 bridgehead atoms. The number of amides is 1. The van der Waals surface area contributed by atoms with Gasteiger partial charge in [0, 0.05) is 14.1 Å². The van der Waals surface area contributed by atoms with Gasteiger partial charge in [-0.05, 0) is 12.1 Å². The third kappa shape index (κ3) is 1.37. The van der Waals surface area contributed by atoms with E-state index in [2.05, 4.69) is 9.97 Å². The van der Waals surface area contributed by atoms with Crippen molar-refractivity contribution in [3.05, 3.63) is 42.4 Å². The molecule has 1 aromatic heterocycles. The van der Waals surface area contributed by atoms with E-state index in [1.807, 2.05) is 36.2 Å². The second kappa shape index (κ2) is 3.80. The Balaban J connectivity index is 2.31. The molecular weight excluding hydrogens is 228 g/mol. The number of anilines is 3. The standard InChI is InChI=1S/C13H12N4O/c1-16-10-6-4-3-5-9(10)13(18)17(2)11-7-14-8-15-12(11)16/h3-8H,1-2H3. The van der Waals surface area contributed by atoms with Crippen LogP contribution in [0.5, 0.6) is 0 Å². The molecule has 1 aromatic carbocycles. The maximum Gasteiger partial charge on any atom is 0.260 e. The first-order chi connectivity index (χ1) is 8.70. The van der Waals surface area contributed by atoms with Crippen molar-refractivity contribution in [2.45, 2.75) is 0 Å². The zero-order valence-electron chi connectivity index (χ0n) is 10.2. The van der Waals surface area contributed by atoms with Gasteiger partial charge in [-0.3, -0.25) is 4.79 Å². The minimum atomic E-state index is -0.0500. The average Bonchev–Trinajstić information content (AvgIpc) is 2.51. The van der Waals surface area contributed by atoms with Gasteiger partial charge in [0.25, 0.3) is 5.91 Å². The zero-order chi connectivity index (χ0) is 12.7. The van der Waals surface area contributed by atoms with Crippen LogP contribution >= 0.6 is 0 Å². The quantitative estimate of drug-likeness (QED) is 0.705. The first-order valence-electron chi connectivity index (χ1n) is 5.61. The second-order valence-electron chi connectivity index (χ2n) is 4.17. The van der Waals surface area contributed by atoms with Gasteiger partial charge in [0.15, 0.2) is 5.82 Å². The van der Waals surface area contributed by atoms with Gasteiger partial charge >= 0.3 is 0 Å². The second-order valence-corrected chi connectivity index (χ2v) is 4.17. The predicted octanol–water partition coefficient (Wildman–Crippen LogP) is 1.83. The molecule has 0 N–H and O–H groups in total. The summed E-state index contributed by atoms with van der Waals surface area (Å²) in [7, 11) is 3.64. The zero-order valence-corrected chi connectivity index (χ0v) is 10.2. The first kappa shape index (κ1) is 10.7. The predicted molar refractivity (Wildman–Crippen MR) is 69.3 cm³/mol. The fraction of sp³-hybridized carbons (Fsp3) is 0.154. The lowest BCUT2D eigenvalue weighted by atomic mass is 10.1. The van der Waals surface area contributed by atoms with Crippen LogP contribution in [0.2, 0.25) is 0 Å². The Morgan fingerprint density at radius 2 is 1.83 bits per heavy atom. The highest BCUT2D eigenvalue weighted by molar-refractivity contribution is 6.12. The van der Waals surface area contributed by atoms with Gasteiger partial charge in [-0.25, -0.2) is 9.97 Å². The Labute approximate surface area is 105 Å². The first-order valence-corrected chi connectivity index (χ1v) is 5.61. The van der Waals surface area contributed by atoms with Gasteiger partial charge < -0.3 is 9.80 Å². The van der Waals surface area contributed by atoms with E-state index in [-0.39, 0.29) is 5.91 Å². The topological polar surface area (TPSA) is 49.3 Å². The van der Waals surface area contributed by atoms with E-state index in [0.717, 1.165) is 11.5 Å². The van der Waals surface area contributed by atoms with Gasteiger partial charge in [0.2, 0.25) is 0 Å². The Kier molecular flexibility index (Phi) is 2.26. The van der Waals surface area contributed by atoms with E-state index in [9.17, 15) is 4.79 Å². The molecule has 0 unspecified atom stereocenters. The molecule has 0 aliphatic carbocycles. The summed E-state index contributed by atoms with van der Waals surface area (Å²) in [6.45, 7) is 0. The van der Waals surface area contributed by atoms with Gasteiger partial charge in [-0.15, -0.1) is 0 Å². The van der Waals surface area contributed by atoms with Crippen LogP contribution in [0.4, 0.5) is 17.2 Å². The normalized spacial score (nSPS) is 14.0. The maximum absolute atomic E-state index is 12.4. The molecule has 2 heterocycles. The molecule has 0 spiro atoms. The van der Waals surface area contributed by atoms with Crippen molar-refractivity contribution in [2.75, 3.05) is 23.9 Å². The molecule has 0 radical (unpaired) electrons. The largest absolute Gasteiger partial charge is 0.327 e. The van der Waals surface area contributed by atoms with E-state index < -0.39 is 0 Å². The third-order valence-electron chi connectivity index (χ3n) is 3.15. The number of aromatic nitrogens is 2. The monoisotopic (exact) mass is 240 g/mol. The smallest absolute Gasteiger partial charge is 0.260 e. The Hall–Kier alpha value is -2.43. The van der Waals surface area contributed by atoms with Crippen LogP contribution in [-0.2, 0) is 0 Å². The van der Waals surface area contributed by atoms with Crippen molar-refractivity contribution in [1.29, 1.82) is 0 Å². The lowest BCUT2D eigenvalue weighted by Gasteiger charge is -2.19. The summed E-state index contributed by atoms with van der Waals surface area (Å²) < 4.78 is 0. The third-order valence-corrected chi connectivity index (χ3v) is 3.15. The highest BCUT2D eigenvalue weighted by Gasteiger charge is 2.27. The molecule has 0 saturated carbocycles. The highest BCUT2D eigenvalue weighted by Crippen LogP contribution is 2.36. The van der Waals surface area contributed by atoms with E-state index in [0.29, 0.717) is 11.3 Å². The molecule has 3 rings (SSSR count). The van der Waals surface area contributed by atoms with Crippen LogP contribution in [-0.4, -0.2) is 30.0 Å². The average molecular weight is 240 g/mol. The Morgan fingerprint density at radius 1 is 1.06 bits per heavy atom. The summed E-state index contributed by atoms with van der Waals surface area (Å²) >= 11 is 0. The Bertz CT molecular complexity index is 626. The van der Waals surface area contributed by atoms with Gasteiger partial charge in [-0.2, -0.15) is 0 Å². The summed E-state index contributed by atoms with van der Waals surface area (Å²) in [5.41, 5.74) is 2.23. The van der Waals surface area contributed by atoms with Crippen molar-refractivity contribution in [1.82, 2.24) is 9.97 Å². The maximum atomic E-state index is 12.4. The lowest BCUT2D eigenvalue weighted by molar-refractivity contribution is 0.0994. The molecule has 1 aliphatic heterocycles. The summed E-state index contributed by atoms with van der Waals surface area (Å²) in [4.78, 5) is 24.1. The molecule has 0 fully saturated rings. The SMILES string of the molecule is CN1C(=O)c2ccccc2N(C)c2ncncc21. The van der Waals surface area contributed by atoms with E-state index >= 15 is 0 Å². The summed E-state index contributed by atoms with van der Waals surface area (Å²) in [6, 6.07) is 7.51. The number of fused-ring (bicyclic) bond motifs is 2. The molecule has 2 aromatic rings. The minimum absolute atomic E-state index is 0.0500. The fourth-order valence-corrected chi connectivity index (χ4v) is 2.16. The number of carbonyl (C=O) groups excluding carboxylic acids is 1. The number of benzene rings is 1. The van der Waals surface area contributed by atoms with Crippen LogP contribution in [0, 0.1) is 0 Å². The van der Waals surface area contributed by atoms with E-state index in [1.54, 1.807) is 18.1 Å². The minimum Gasteiger partial charge on any atom is -0.327 e. The molecule has 18 heavy (non-hydrogen) atoms. The molecule has 5 heteroatoms. The van der Waals surface area contributed by atoms with Crippen molar-refractivity contribution >= 4 is 23.1 Å². The van der Waals surface area contributed by atoms with Crippen molar-refractivity contribution in [3.8, 4) is 0 Å². The summed E-state index contributed by atoms with van der Waals surface area (Å²) in [5.74, 6) is 0.678. The Morgan fingerprint density at radius 3 is 2.67 bits per heavy atom. The number of rotatable bonds is 0. The molecule has 1 aliphatic rings. The van der Waals surface area contributed by atoms with Crippen LogP contribution < -0.4 is 9.80 Å². The molecule has 90 valence electrons. The summed E-state index contributed by atoms with van der Waals surface area (Å²) in [5, 5.41) is 0. The summed E-state index contributed by atoms with van der Waals surface area (Å²) in [6.07, 6.45) is 3.14. The van der Waals surface area contributed by atoms with Crippen molar-refractivity contribution < 1.29 is 4.79 Å². The van der Waals surface area contributed by atoms with Crippen LogP contribution in [0.3, 0.4) is 0 Å². The lowest BCUT2D eigenvalue weighted by Crippen LogP contribution is -2.25. The van der Waals surface area contributed by atoms with Crippen molar-refractivity contribution in [2.24, 2.45) is 0 Å². The van der Waals surface area contributed by atoms with Gasteiger partial charge in [0.05, 0.1) is 17.4 Å². The van der Waals surface area contributed by atoms with Gasteiger partial charge in [-0.1, -0.05) is 12.1 Å². The van der Waals surface area contributed by atoms with Crippen LogP contribution in [0.1, 0.15) is 10.4 Å². The van der Waals surface area contributed by atoms with Gasteiger partial charge in [0.1, 0.15) is 12.0 Å². The molecular formula is C13H12N4O. The van der Waals surface area contributed by atoms with Crippen LogP contribution in [0.25, 0.3) is 0 Å². The number of nitrogens with zero attached hydrogens (tertiary/aromatic N) is 4. The molecule has 0 saturated heterocycles. The number of carbonyl (C=O) groups is 1. The fourth-order valence-electron chi connectivity index (χ4n) is 2.16.